The maximum atomic E-state index is 13.4. The molecule has 0 bridgehead atoms. The molecule has 4 rings (SSSR count). The molecule has 0 saturated carbocycles. The number of fused-ring (bicyclic) bond motifs is 1. The summed E-state index contributed by atoms with van der Waals surface area (Å²) in [7, 11) is 7.09. The molecule has 1 aromatic heterocycles. The molecule has 166 valence electrons. The molecular weight excluding hydrogens is 426 g/mol. The van der Waals surface area contributed by atoms with E-state index in [2.05, 4.69) is 5.32 Å². The lowest BCUT2D eigenvalue weighted by Crippen LogP contribution is -2.36. The second kappa shape index (κ2) is 9.02. The highest BCUT2D eigenvalue weighted by Gasteiger charge is 2.26. The van der Waals surface area contributed by atoms with Crippen LogP contribution in [0.5, 0.6) is 11.5 Å². The fourth-order valence-corrected chi connectivity index (χ4v) is 4.81. The van der Waals surface area contributed by atoms with E-state index in [0.717, 1.165) is 16.8 Å². The maximum Gasteiger partial charge on any atom is 0.269 e. The van der Waals surface area contributed by atoms with Crippen molar-refractivity contribution in [3.8, 4) is 11.5 Å². The van der Waals surface area contributed by atoms with Crippen LogP contribution in [0, 0.1) is 0 Å². The minimum Gasteiger partial charge on any atom is -0.497 e. The zero-order valence-corrected chi connectivity index (χ0v) is 19.3. The van der Waals surface area contributed by atoms with Gasteiger partial charge in [-0.2, -0.15) is 0 Å². The molecule has 0 saturated heterocycles. The number of thiazole rings is 1. The summed E-state index contributed by atoms with van der Waals surface area (Å²) in [6.07, 6.45) is 1.79. The predicted molar refractivity (Wildman–Crippen MR) is 127 cm³/mol. The van der Waals surface area contributed by atoms with Crippen molar-refractivity contribution in [3.63, 3.8) is 0 Å². The Bertz CT molecular complexity index is 1350. The third-order valence-electron chi connectivity index (χ3n) is 5.29. The molecule has 32 heavy (non-hydrogen) atoms. The number of para-hydroxylation sites is 1. The number of carbonyl (C=O) groups is 1. The Hall–Kier alpha value is -3.36. The van der Waals surface area contributed by atoms with Crippen LogP contribution in [0.1, 0.15) is 11.1 Å². The minimum absolute atomic E-state index is 0.138. The summed E-state index contributed by atoms with van der Waals surface area (Å²) >= 11 is 1.31. The summed E-state index contributed by atoms with van der Waals surface area (Å²) in [5, 5.41) is 2.91. The maximum absolute atomic E-state index is 13.4. The van der Waals surface area contributed by atoms with Crippen molar-refractivity contribution in [2.24, 2.45) is 0 Å². The lowest BCUT2D eigenvalue weighted by atomic mass is 10.1. The number of rotatable bonds is 6. The van der Waals surface area contributed by atoms with Gasteiger partial charge in [0.1, 0.15) is 16.2 Å². The van der Waals surface area contributed by atoms with Gasteiger partial charge in [-0.1, -0.05) is 18.2 Å². The monoisotopic (exact) mass is 451 g/mol. The smallest absolute Gasteiger partial charge is 0.269 e. The molecule has 7 nitrogen and oxygen atoms in total. The van der Waals surface area contributed by atoms with Gasteiger partial charge in [-0.05, 0) is 44.4 Å². The Morgan fingerprint density at radius 2 is 1.88 bits per heavy atom. The first-order chi connectivity index (χ1) is 15.4. The van der Waals surface area contributed by atoms with Gasteiger partial charge in [0.15, 0.2) is 0 Å². The van der Waals surface area contributed by atoms with Crippen molar-refractivity contribution in [2.45, 2.75) is 6.54 Å². The number of nitrogens with zero attached hydrogens (tertiary/aromatic N) is 2. The molecule has 1 aliphatic rings. The first-order valence-corrected chi connectivity index (χ1v) is 11.0. The van der Waals surface area contributed by atoms with Gasteiger partial charge in [-0.15, -0.1) is 11.3 Å². The number of anilines is 1. The Labute approximate surface area is 189 Å². The van der Waals surface area contributed by atoms with Gasteiger partial charge >= 0.3 is 0 Å². The molecule has 0 unspecified atom stereocenters. The molecule has 8 heteroatoms. The van der Waals surface area contributed by atoms with E-state index in [4.69, 9.17) is 9.47 Å². The van der Waals surface area contributed by atoms with Crippen molar-refractivity contribution in [1.29, 1.82) is 0 Å². The van der Waals surface area contributed by atoms with Gasteiger partial charge in [0.05, 0.1) is 24.3 Å². The van der Waals surface area contributed by atoms with E-state index in [1.165, 1.54) is 11.3 Å². The number of aromatic nitrogens is 1. The number of hydrogen-bond acceptors (Lipinski definition) is 6. The van der Waals surface area contributed by atoms with E-state index < -0.39 is 0 Å². The first kappa shape index (κ1) is 21.9. The van der Waals surface area contributed by atoms with Crippen LogP contribution in [0.4, 0.5) is 5.69 Å². The normalized spacial score (nSPS) is 15.2. The van der Waals surface area contributed by atoms with Crippen LogP contribution >= 0.6 is 11.3 Å². The lowest BCUT2D eigenvalue weighted by Gasteiger charge is -2.10. The third-order valence-corrected chi connectivity index (χ3v) is 6.42. The first-order valence-electron chi connectivity index (χ1n) is 10.2. The second-order valence-electron chi connectivity index (χ2n) is 7.66. The number of nitrogens with one attached hydrogen (secondary N) is 1. The van der Waals surface area contributed by atoms with Gasteiger partial charge < -0.3 is 19.7 Å². The van der Waals surface area contributed by atoms with Crippen molar-refractivity contribution < 1.29 is 14.3 Å². The SMILES string of the molecule is COc1ccc(OC)c(C=c2s/c(=C3\C(=O)Nc4ccccc43)n(CCN(C)C)c2=O)c1. The molecule has 0 spiro atoms. The minimum atomic E-state index is -0.198. The van der Waals surface area contributed by atoms with Gasteiger partial charge in [0, 0.05) is 29.9 Å². The van der Waals surface area contributed by atoms with E-state index in [1.54, 1.807) is 37.0 Å². The Morgan fingerprint density at radius 3 is 2.59 bits per heavy atom. The molecule has 0 aliphatic carbocycles. The number of amides is 1. The Balaban J connectivity index is 2.00. The average molecular weight is 452 g/mol. The topological polar surface area (TPSA) is 72.8 Å². The summed E-state index contributed by atoms with van der Waals surface area (Å²) in [6.45, 7) is 1.14. The van der Waals surface area contributed by atoms with Crippen molar-refractivity contribution >= 4 is 34.6 Å². The summed E-state index contributed by atoms with van der Waals surface area (Å²) in [5.74, 6) is 1.10. The number of methoxy groups -OCH3 is 2. The molecule has 2 aromatic carbocycles. The van der Waals surface area contributed by atoms with E-state index in [1.807, 2.05) is 49.3 Å². The molecule has 2 heterocycles. The summed E-state index contributed by atoms with van der Waals surface area (Å²) in [5.41, 5.74) is 2.69. The summed E-state index contributed by atoms with van der Waals surface area (Å²) < 4.78 is 13.7. The van der Waals surface area contributed by atoms with E-state index in [0.29, 0.717) is 39.4 Å². The summed E-state index contributed by atoms with van der Waals surface area (Å²) in [6, 6.07) is 13.0. The van der Waals surface area contributed by atoms with Gasteiger partial charge in [-0.3, -0.25) is 14.2 Å². The van der Waals surface area contributed by atoms with E-state index in [9.17, 15) is 9.59 Å². The van der Waals surface area contributed by atoms with Gasteiger partial charge in [0.2, 0.25) is 0 Å². The van der Waals surface area contributed by atoms with Gasteiger partial charge in [0.25, 0.3) is 11.5 Å². The van der Waals surface area contributed by atoms with Crippen LogP contribution in [0.15, 0.2) is 47.3 Å². The lowest BCUT2D eigenvalue weighted by molar-refractivity contribution is -0.110. The molecule has 1 amide bonds. The van der Waals surface area contributed by atoms with Crippen molar-refractivity contribution in [1.82, 2.24) is 9.47 Å². The fraction of sp³-hybridized carbons (Fsp3) is 0.250. The largest absolute Gasteiger partial charge is 0.497 e. The Morgan fingerprint density at radius 1 is 1.09 bits per heavy atom. The molecule has 1 aliphatic heterocycles. The zero-order valence-electron chi connectivity index (χ0n) is 18.5. The number of likely N-dealkylation sites (N-methyl/N-ethyl adjacent to an activating group) is 1. The molecule has 0 fully saturated rings. The number of carbonyl (C=O) groups excluding carboxylic acids is 1. The average Bonchev–Trinajstić information content (AvgIpc) is 3.27. The second-order valence-corrected chi connectivity index (χ2v) is 8.69. The highest BCUT2D eigenvalue weighted by Crippen LogP contribution is 2.29. The van der Waals surface area contributed by atoms with Crippen molar-refractivity contribution in [2.75, 3.05) is 40.2 Å². The van der Waals surface area contributed by atoms with Gasteiger partial charge in [-0.25, -0.2) is 0 Å². The van der Waals surface area contributed by atoms with Crippen LogP contribution in [0.3, 0.4) is 0 Å². The molecule has 3 aromatic rings. The van der Waals surface area contributed by atoms with Crippen LogP contribution in [-0.2, 0) is 11.3 Å². The van der Waals surface area contributed by atoms with Crippen LogP contribution in [0.25, 0.3) is 11.6 Å². The standard InChI is InChI=1S/C24H25N3O4S/c1-26(2)11-12-27-23(29)20(14-15-13-16(30-3)9-10-19(15)31-4)32-24(27)21-17-7-5-6-8-18(17)25-22(21)28/h5-10,13-14H,11-12H2,1-4H3,(H,25,28)/b20-14?,24-21-. The fourth-order valence-electron chi connectivity index (χ4n) is 3.63. The highest BCUT2D eigenvalue weighted by molar-refractivity contribution is 7.07. The van der Waals surface area contributed by atoms with Crippen LogP contribution < -0.4 is 29.5 Å². The third kappa shape index (κ3) is 4.06. The predicted octanol–water partition coefficient (Wildman–Crippen LogP) is 1.47. The molecular formula is C24H25N3O4S. The molecule has 1 N–H and O–H groups in total. The van der Waals surface area contributed by atoms with Crippen molar-refractivity contribution in [3.05, 3.63) is 73.1 Å². The Kier molecular flexibility index (Phi) is 6.16. The number of benzene rings is 2. The number of ether oxygens (including phenoxy) is 2. The van der Waals surface area contributed by atoms with Crippen LogP contribution in [0.2, 0.25) is 0 Å². The van der Waals surface area contributed by atoms with E-state index in [-0.39, 0.29) is 11.5 Å². The highest BCUT2D eigenvalue weighted by atomic mass is 32.1. The van der Waals surface area contributed by atoms with E-state index >= 15 is 0 Å². The zero-order chi connectivity index (χ0) is 22.8. The molecule has 0 atom stereocenters. The number of hydrogen-bond donors (Lipinski definition) is 1. The quantitative estimate of drug-likeness (QED) is 0.615. The summed E-state index contributed by atoms with van der Waals surface area (Å²) in [4.78, 5) is 28.3. The molecule has 0 radical (unpaired) electrons. The van der Waals surface area contributed by atoms with Crippen LogP contribution in [-0.4, -0.2) is 50.2 Å².